The second-order valence-corrected chi connectivity index (χ2v) is 8.88. The molecule has 29 heavy (non-hydrogen) atoms. The second kappa shape index (κ2) is 8.22. The zero-order valence-electron chi connectivity index (χ0n) is 17.1. The summed E-state index contributed by atoms with van der Waals surface area (Å²) < 4.78 is 33.2. The number of rotatable bonds is 3. The van der Waals surface area contributed by atoms with E-state index < -0.39 is 5.92 Å². The zero-order chi connectivity index (χ0) is 20.5. The molecule has 3 aliphatic heterocycles. The Morgan fingerprint density at radius 3 is 2.76 bits per heavy atom. The smallest absolute Gasteiger partial charge is 0.249 e. The van der Waals surface area contributed by atoms with Crippen molar-refractivity contribution in [3.05, 3.63) is 23.8 Å². The highest BCUT2D eigenvalue weighted by molar-refractivity contribution is 5.80. The topological polar surface area (TPSA) is 58.6 Å². The molecule has 8 heteroatoms. The number of halogens is 2. The number of hydrogen-bond donors (Lipinski definition) is 0. The number of aromatic nitrogens is 2. The maximum Gasteiger partial charge on any atom is 0.249 e. The van der Waals surface area contributed by atoms with E-state index in [1.807, 2.05) is 6.92 Å². The molecule has 1 spiro atoms. The van der Waals surface area contributed by atoms with Crippen molar-refractivity contribution in [3.8, 4) is 0 Å². The molecule has 0 aliphatic carbocycles. The van der Waals surface area contributed by atoms with Crippen LogP contribution in [0.15, 0.2) is 12.4 Å². The maximum absolute atomic E-state index is 13.8. The number of likely N-dealkylation sites (tertiary alicyclic amines) is 2. The average molecular weight is 408 g/mol. The van der Waals surface area contributed by atoms with Gasteiger partial charge in [-0.1, -0.05) is 0 Å². The molecule has 0 aromatic carbocycles. The van der Waals surface area contributed by atoms with Crippen molar-refractivity contribution >= 4 is 5.91 Å². The van der Waals surface area contributed by atoms with E-state index in [0.717, 1.165) is 30.8 Å². The van der Waals surface area contributed by atoms with E-state index >= 15 is 0 Å². The number of carbonyl (C=O) groups excluding carboxylic acids is 1. The summed E-state index contributed by atoms with van der Waals surface area (Å²) >= 11 is 0. The molecule has 4 heterocycles. The minimum absolute atomic E-state index is 0.0439. The van der Waals surface area contributed by atoms with E-state index in [1.165, 1.54) is 0 Å². The molecular weight excluding hydrogens is 378 g/mol. The van der Waals surface area contributed by atoms with Crippen LogP contribution in [0, 0.1) is 18.3 Å². The maximum atomic E-state index is 13.8. The minimum Gasteiger partial charge on any atom is -0.381 e. The van der Waals surface area contributed by atoms with Gasteiger partial charge in [0.15, 0.2) is 0 Å². The van der Waals surface area contributed by atoms with Gasteiger partial charge in [0.05, 0.1) is 17.3 Å². The van der Waals surface area contributed by atoms with Crippen molar-refractivity contribution in [1.82, 2.24) is 19.8 Å². The van der Waals surface area contributed by atoms with Crippen LogP contribution in [-0.4, -0.2) is 71.0 Å². The second-order valence-electron chi connectivity index (χ2n) is 8.88. The lowest BCUT2D eigenvalue weighted by Gasteiger charge is -2.39. The van der Waals surface area contributed by atoms with Crippen LogP contribution in [0.1, 0.15) is 43.5 Å². The first-order valence-electron chi connectivity index (χ1n) is 10.6. The Balaban J connectivity index is 1.51. The molecule has 1 aromatic heterocycles. The molecule has 0 N–H and O–H groups in total. The van der Waals surface area contributed by atoms with Crippen molar-refractivity contribution in [3.63, 3.8) is 0 Å². The Hall–Kier alpha value is -1.67. The number of nitrogens with zero attached hydrogens (tertiary/aromatic N) is 4. The molecule has 1 atom stereocenters. The Kier molecular flexibility index (Phi) is 5.84. The van der Waals surface area contributed by atoms with E-state index in [1.54, 1.807) is 17.3 Å². The fourth-order valence-corrected chi connectivity index (χ4v) is 5.14. The number of aryl methyl sites for hydroxylation is 1. The molecule has 0 unspecified atom stereocenters. The third-order valence-corrected chi connectivity index (χ3v) is 6.73. The van der Waals surface area contributed by atoms with Gasteiger partial charge in [0.2, 0.25) is 11.8 Å². The third kappa shape index (κ3) is 4.58. The molecule has 1 aromatic rings. The Morgan fingerprint density at radius 1 is 1.21 bits per heavy atom. The summed E-state index contributed by atoms with van der Waals surface area (Å²) in [6, 6.07) is 0. The van der Waals surface area contributed by atoms with E-state index in [2.05, 4.69) is 14.9 Å². The lowest BCUT2D eigenvalue weighted by Crippen LogP contribution is -2.46. The van der Waals surface area contributed by atoms with Crippen LogP contribution in [0.4, 0.5) is 8.78 Å². The Bertz CT molecular complexity index is 739. The van der Waals surface area contributed by atoms with Crippen LogP contribution in [0.3, 0.4) is 0 Å². The fraction of sp³-hybridized carbons (Fsp3) is 0.762. The molecule has 4 rings (SSSR count). The predicted octanol–water partition coefficient (Wildman–Crippen LogP) is 2.66. The Labute approximate surface area is 170 Å². The van der Waals surface area contributed by atoms with Gasteiger partial charge in [-0.15, -0.1) is 0 Å². The fourth-order valence-electron chi connectivity index (χ4n) is 5.14. The monoisotopic (exact) mass is 408 g/mol. The van der Waals surface area contributed by atoms with E-state index in [9.17, 15) is 13.6 Å². The minimum atomic E-state index is -2.66. The van der Waals surface area contributed by atoms with Crippen LogP contribution in [0.2, 0.25) is 0 Å². The van der Waals surface area contributed by atoms with Crippen LogP contribution in [0.5, 0.6) is 0 Å². The summed E-state index contributed by atoms with van der Waals surface area (Å²) in [4.78, 5) is 26.2. The summed E-state index contributed by atoms with van der Waals surface area (Å²) in [6.45, 7) is 5.91. The molecule has 6 nitrogen and oxygen atoms in total. The van der Waals surface area contributed by atoms with E-state index in [-0.39, 0.29) is 36.6 Å². The molecule has 3 aliphatic rings. The molecule has 0 bridgehead atoms. The molecule has 160 valence electrons. The van der Waals surface area contributed by atoms with Gasteiger partial charge in [0.1, 0.15) is 0 Å². The molecule has 3 fully saturated rings. The lowest BCUT2D eigenvalue weighted by molar-refractivity contribution is -0.140. The normalized spacial score (nSPS) is 27.1. The molecule has 0 radical (unpaired) electrons. The van der Waals surface area contributed by atoms with E-state index in [4.69, 9.17) is 4.74 Å². The highest BCUT2D eigenvalue weighted by Crippen LogP contribution is 2.45. The van der Waals surface area contributed by atoms with Gasteiger partial charge in [0.25, 0.3) is 0 Å². The lowest BCUT2D eigenvalue weighted by atomic mass is 9.71. The van der Waals surface area contributed by atoms with Gasteiger partial charge in [-0.2, -0.15) is 0 Å². The standard InChI is InChI=1S/C21H30F2N4O2/c1-16-11-24-12-17(25-16)13-26-14-18(20(15-26)5-9-29-10-6-20)19(28)27-7-2-3-21(22,23)4-8-27/h11-12,18H,2-10,13-15H2,1H3/t18-/m1/s1. The highest BCUT2D eigenvalue weighted by atomic mass is 19.3. The molecule has 3 saturated heterocycles. The van der Waals surface area contributed by atoms with Gasteiger partial charge in [0, 0.05) is 76.6 Å². The van der Waals surface area contributed by atoms with Gasteiger partial charge < -0.3 is 9.64 Å². The largest absolute Gasteiger partial charge is 0.381 e. The summed E-state index contributed by atoms with van der Waals surface area (Å²) in [7, 11) is 0. The Morgan fingerprint density at radius 2 is 2.00 bits per heavy atom. The van der Waals surface area contributed by atoms with Crippen LogP contribution in [0.25, 0.3) is 0 Å². The van der Waals surface area contributed by atoms with Crippen LogP contribution >= 0.6 is 0 Å². The van der Waals surface area contributed by atoms with Gasteiger partial charge >= 0.3 is 0 Å². The van der Waals surface area contributed by atoms with Crippen molar-refractivity contribution in [2.45, 2.75) is 51.5 Å². The summed E-state index contributed by atoms with van der Waals surface area (Å²) in [6.07, 6.45) is 5.18. The molecule has 0 saturated carbocycles. The first-order chi connectivity index (χ1) is 13.9. The summed E-state index contributed by atoms with van der Waals surface area (Å²) in [5, 5.41) is 0. The average Bonchev–Trinajstić information content (AvgIpc) is 2.89. The number of carbonyl (C=O) groups is 1. The summed E-state index contributed by atoms with van der Waals surface area (Å²) in [5.41, 5.74) is 1.64. The summed E-state index contributed by atoms with van der Waals surface area (Å²) in [5.74, 6) is -2.78. The molecular formula is C21H30F2N4O2. The van der Waals surface area contributed by atoms with Gasteiger partial charge in [-0.3, -0.25) is 19.7 Å². The van der Waals surface area contributed by atoms with Crippen molar-refractivity contribution in [1.29, 1.82) is 0 Å². The third-order valence-electron chi connectivity index (χ3n) is 6.73. The van der Waals surface area contributed by atoms with Crippen LogP contribution < -0.4 is 0 Å². The first-order valence-corrected chi connectivity index (χ1v) is 10.6. The SMILES string of the molecule is Cc1cncc(CN2C[C@H](C(=O)N3CCCC(F)(F)CC3)C3(CCOCC3)C2)n1. The zero-order valence-corrected chi connectivity index (χ0v) is 17.1. The molecule has 1 amide bonds. The quantitative estimate of drug-likeness (QED) is 0.770. The number of alkyl halides is 2. The van der Waals surface area contributed by atoms with Crippen LogP contribution in [-0.2, 0) is 16.1 Å². The predicted molar refractivity (Wildman–Crippen MR) is 103 cm³/mol. The van der Waals surface area contributed by atoms with Gasteiger partial charge in [-0.05, 0) is 26.2 Å². The highest BCUT2D eigenvalue weighted by Gasteiger charge is 2.51. The van der Waals surface area contributed by atoms with Gasteiger partial charge in [-0.25, -0.2) is 8.78 Å². The number of amides is 1. The number of ether oxygens (including phenoxy) is 1. The van der Waals surface area contributed by atoms with Crippen molar-refractivity contribution < 1.29 is 18.3 Å². The number of hydrogen-bond acceptors (Lipinski definition) is 5. The van der Waals surface area contributed by atoms with E-state index in [0.29, 0.717) is 39.3 Å². The van der Waals surface area contributed by atoms with Crippen molar-refractivity contribution in [2.75, 3.05) is 39.4 Å². The van der Waals surface area contributed by atoms with Crippen molar-refractivity contribution in [2.24, 2.45) is 11.3 Å². The first kappa shape index (κ1) is 20.6.